The molecule has 1 amide bonds. The average molecular weight is 449 g/mol. The Morgan fingerprint density at radius 2 is 2.03 bits per heavy atom. The molecular formula is C21H28N4O3S2. The van der Waals surface area contributed by atoms with Crippen LogP contribution in [-0.4, -0.2) is 39.5 Å². The highest BCUT2D eigenvalue weighted by atomic mass is 32.2. The minimum absolute atomic E-state index is 0.138. The number of esters is 1. The second-order valence-electron chi connectivity index (χ2n) is 7.86. The van der Waals surface area contributed by atoms with Gasteiger partial charge in [-0.05, 0) is 50.5 Å². The SMILES string of the molecule is CCCn1c(SCC(=O)Nc2sc3c(c2C(=O)OC)CCCCC3)nnc1C1CC1. The largest absolute Gasteiger partial charge is 0.465 e. The van der Waals surface area contributed by atoms with Crippen molar-refractivity contribution < 1.29 is 14.3 Å². The first kappa shape index (κ1) is 21.4. The number of anilines is 1. The molecule has 9 heteroatoms. The summed E-state index contributed by atoms with van der Waals surface area (Å²) < 4.78 is 7.17. The molecule has 0 spiro atoms. The van der Waals surface area contributed by atoms with E-state index in [0.717, 1.165) is 55.2 Å². The number of thioether (sulfide) groups is 1. The normalized spacial score (nSPS) is 16.1. The van der Waals surface area contributed by atoms with Gasteiger partial charge in [0.2, 0.25) is 5.91 Å². The second kappa shape index (κ2) is 9.51. The maximum absolute atomic E-state index is 12.7. The van der Waals surface area contributed by atoms with E-state index in [1.165, 1.54) is 54.3 Å². The van der Waals surface area contributed by atoms with Crippen molar-refractivity contribution in [3.63, 3.8) is 0 Å². The van der Waals surface area contributed by atoms with Crippen molar-refractivity contribution in [2.24, 2.45) is 0 Å². The molecule has 2 aromatic heterocycles. The molecule has 30 heavy (non-hydrogen) atoms. The zero-order chi connectivity index (χ0) is 21.1. The summed E-state index contributed by atoms with van der Waals surface area (Å²) in [6.07, 6.45) is 8.52. The van der Waals surface area contributed by atoms with E-state index in [1.54, 1.807) is 0 Å². The molecule has 2 heterocycles. The van der Waals surface area contributed by atoms with E-state index in [-0.39, 0.29) is 17.6 Å². The van der Waals surface area contributed by atoms with Gasteiger partial charge >= 0.3 is 5.97 Å². The van der Waals surface area contributed by atoms with Gasteiger partial charge in [0.25, 0.3) is 0 Å². The number of hydrogen-bond acceptors (Lipinski definition) is 7. The molecule has 2 aliphatic carbocycles. The van der Waals surface area contributed by atoms with Crippen molar-refractivity contribution >= 4 is 40.0 Å². The van der Waals surface area contributed by atoms with Crippen molar-refractivity contribution in [1.82, 2.24) is 14.8 Å². The van der Waals surface area contributed by atoms with Crippen LogP contribution in [0.3, 0.4) is 0 Å². The van der Waals surface area contributed by atoms with Crippen LogP contribution in [0.15, 0.2) is 5.16 Å². The summed E-state index contributed by atoms with van der Waals surface area (Å²) in [5.74, 6) is 1.30. The number of aromatic nitrogens is 3. The van der Waals surface area contributed by atoms with Gasteiger partial charge in [-0.1, -0.05) is 25.1 Å². The van der Waals surface area contributed by atoms with Crippen LogP contribution in [0, 0.1) is 0 Å². The van der Waals surface area contributed by atoms with Crippen molar-refractivity contribution in [2.75, 3.05) is 18.2 Å². The van der Waals surface area contributed by atoms with E-state index in [2.05, 4.69) is 27.0 Å². The molecule has 2 aliphatic rings. The molecule has 1 N–H and O–H groups in total. The Bertz CT molecular complexity index is 933. The molecule has 0 saturated heterocycles. The zero-order valence-electron chi connectivity index (χ0n) is 17.5. The van der Waals surface area contributed by atoms with Crippen molar-refractivity contribution in [1.29, 1.82) is 0 Å². The first-order valence-electron chi connectivity index (χ1n) is 10.7. The van der Waals surface area contributed by atoms with Crippen LogP contribution in [0.5, 0.6) is 0 Å². The molecule has 0 bridgehead atoms. The summed E-state index contributed by atoms with van der Waals surface area (Å²) in [6.45, 7) is 3.00. The standard InChI is InChI=1S/C21H28N4O3S2/c1-3-11-25-18(13-9-10-13)23-24-21(25)29-12-16(26)22-19-17(20(27)28-2)14-7-5-4-6-8-15(14)30-19/h13H,3-12H2,1-2H3,(H,22,26). The molecule has 0 radical (unpaired) electrons. The van der Waals surface area contributed by atoms with Gasteiger partial charge in [-0.25, -0.2) is 4.79 Å². The predicted octanol–water partition coefficient (Wildman–Crippen LogP) is 4.41. The summed E-state index contributed by atoms with van der Waals surface area (Å²) >= 11 is 2.93. The number of amides is 1. The Morgan fingerprint density at radius 1 is 1.23 bits per heavy atom. The van der Waals surface area contributed by atoms with E-state index in [9.17, 15) is 9.59 Å². The first-order chi connectivity index (χ1) is 14.6. The molecular weight excluding hydrogens is 420 g/mol. The average Bonchev–Trinajstić information content (AvgIpc) is 3.47. The summed E-state index contributed by atoms with van der Waals surface area (Å²) in [5, 5.41) is 13.1. The zero-order valence-corrected chi connectivity index (χ0v) is 19.2. The van der Waals surface area contributed by atoms with Crippen LogP contribution in [0.1, 0.15) is 78.0 Å². The number of ether oxygens (including phenoxy) is 1. The molecule has 1 fully saturated rings. The lowest BCUT2D eigenvalue weighted by atomic mass is 10.1. The lowest BCUT2D eigenvalue weighted by molar-refractivity contribution is -0.113. The first-order valence-corrected chi connectivity index (χ1v) is 12.5. The van der Waals surface area contributed by atoms with Crippen LogP contribution >= 0.6 is 23.1 Å². The molecule has 2 aromatic rings. The van der Waals surface area contributed by atoms with Crippen LogP contribution in [0.25, 0.3) is 0 Å². The smallest absolute Gasteiger partial charge is 0.341 e. The van der Waals surface area contributed by atoms with E-state index < -0.39 is 0 Å². The van der Waals surface area contributed by atoms with E-state index >= 15 is 0 Å². The highest BCUT2D eigenvalue weighted by molar-refractivity contribution is 7.99. The van der Waals surface area contributed by atoms with E-state index in [0.29, 0.717) is 16.5 Å². The fraction of sp³-hybridized carbons (Fsp3) is 0.619. The Labute approximate surface area is 185 Å². The number of hydrogen-bond donors (Lipinski definition) is 1. The molecule has 0 atom stereocenters. The van der Waals surface area contributed by atoms with Crippen molar-refractivity contribution in [2.45, 2.75) is 75.9 Å². The number of carbonyl (C=O) groups is 2. The molecule has 7 nitrogen and oxygen atoms in total. The van der Waals surface area contributed by atoms with Gasteiger partial charge < -0.3 is 14.6 Å². The number of rotatable bonds is 8. The lowest BCUT2D eigenvalue weighted by Gasteiger charge is -2.09. The minimum Gasteiger partial charge on any atom is -0.465 e. The number of fused-ring (bicyclic) bond motifs is 1. The van der Waals surface area contributed by atoms with Gasteiger partial charge in [0, 0.05) is 17.3 Å². The van der Waals surface area contributed by atoms with Crippen LogP contribution in [-0.2, 0) is 28.9 Å². The molecule has 0 unspecified atom stereocenters. The fourth-order valence-electron chi connectivity index (χ4n) is 3.93. The van der Waals surface area contributed by atoms with Gasteiger partial charge in [-0.15, -0.1) is 21.5 Å². The Hall–Kier alpha value is -1.87. The number of carbonyl (C=O) groups excluding carboxylic acids is 2. The number of methoxy groups -OCH3 is 1. The second-order valence-corrected chi connectivity index (χ2v) is 9.91. The van der Waals surface area contributed by atoms with E-state index in [4.69, 9.17) is 4.74 Å². The third kappa shape index (κ3) is 4.56. The van der Waals surface area contributed by atoms with Gasteiger partial charge in [-0.2, -0.15) is 0 Å². The Morgan fingerprint density at radius 3 is 2.77 bits per heavy atom. The minimum atomic E-state index is -0.367. The summed E-state index contributed by atoms with van der Waals surface area (Å²) in [5.41, 5.74) is 1.60. The summed E-state index contributed by atoms with van der Waals surface area (Å²) in [4.78, 5) is 26.4. The molecule has 4 rings (SSSR count). The van der Waals surface area contributed by atoms with Gasteiger partial charge in [-0.3, -0.25) is 4.79 Å². The molecule has 1 saturated carbocycles. The highest BCUT2D eigenvalue weighted by Gasteiger charge is 2.30. The van der Waals surface area contributed by atoms with Gasteiger partial charge in [0.1, 0.15) is 10.8 Å². The predicted molar refractivity (Wildman–Crippen MR) is 119 cm³/mol. The Balaban J connectivity index is 1.46. The van der Waals surface area contributed by atoms with Gasteiger partial charge in [0.05, 0.1) is 18.4 Å². The Kier molecular flexibility index (Phi) is 6.77. The highest BCUT2D eigenvalue weighted by Crippen LogP contribution is 2.40. The fourth-order valence-corrected chi connectivity index (χ4v) is 5.99. The third-order valence-electron chi connectivity index (χ3n) is 5.53. The van der Waals surface area contributed by atoms with Crippen LogP contribution in [0.2, 0.25) is 0 Å². The number of nitrogens with zero attached hydrogens (tertiary/aromatic N) is 3. The molecule has 0 aromatic carbocycles. The number of thiophene rings is 1. The van der Waals surface area contributed by atoms with Gasteiger partial charge in [0.15, 0.2) is 5.16 Å². The lowest BCUT2D eigenvalue weighted by Crippen LogP contribution is -2.17. The topological polar surface area (TPSA) is 86.1 Å². The van der Waals surface area contributed by atoms with Crippen molar-refractivity contribution in [3.8, 4) is 0 Å². The maximum Gasteiger partial charge on any atom is 0.341 e. The molecule has 162 valence electrons. The maximum atomic E-state index is 12.7. The van der Waals surface area contributed by atoms with E-state index in [1.807, 2.05) is 0 Å². The third-order valence-corrected chi connectivity index (χ3v) is 7.71. The summed E-state index contributed by atoms with van der Waals surface area (Å²) in [7, 11) is 1.39. The number of nitrogens with one attached hydrogen (secondary N) is 1. The van der Waals surface area contributed by atoms with Crippen LogP contribution < -0.4 is 5.32 Å². The van der Waals surface area contributed by atoms with Crippen LogP contribution in [0.4, 0.5) is 5.00 Å². The quantitative estimate of drug-likeness (QED) is 0.366. The van der Waals surface area contributed by atoms with Crippen molar-refractivity contribution in [3.05, 3.63) is 21.8 Å². The summed E-state index contributed by atoms with van der Waals surface area (Å²) in [6, 6.07) is 0. The molecule has 0 aliphatic heterocycles. The number of aryl methyl sites for hydroxylation is 1. The monoisotopic (exact) mass is 448 g/mol.